The van der Waals surface area contributed by atoms with E-state index in [0.717, 1.165) is 21.7 Å². The summed E-state index contributed by atoms with van der Waals surface area (Å²) in [5.74, 6) is -0.958. The van der Waals surface area contributed by atoms with E-state index in [9.17, 15) is 22.8 Å². The van der Waals surface area contributed by atoms with Crippen LogP contribution >= 0.6 is 11.6 Å². The summed E-state index contributed by atoms with van der Waals surface area (Å²) in [4.78, 5) is 41.1. The molecule has 3 aromatic carbocycles. The third kappa shape index (κ3) is 9.43. The minimum atomic E-state index is -3.94. The summed E-state index contributed by atoms with van der Waals surface area (Å²) in [6.45, 7) is 5.24. The Morgan fingerprint density at radius 2 is 1.56 bits per heavy atom. The summed E-state index contributed by atoms with van der Waals surface area (Å²) < 4.78 is 26.8. The quantitative estimate of drug-likeness (QED) is 0.287. The van der Waals surface area contributed by atoms with Gasteiger partial charge in [0.25, 0.3) is 0 Å². The van der Waals surface area contributed by atoms with Crippen LogP contribution < -0.4 is 9.62 Å². The monoisotopic (exact) mass is 597 g/mol. The van der Waals surface area contributed by atoms with Gasteiger partial charge in [-0.2, -0.15) is 0 Å². The number of hydrogen-bond donors (Lipinski definition) is 1. The molecule has 1 atom stereocenters. The number of benzene rings is 3. The third-order valence-corrected chi connectivity index (χ3v) is 7.83. The number of amides is 2. The average Bonchev–Trinajstić information content (AvgIpc) is 2.93. The number of carbonyl (C=O) groups excluding carboxylic acids is 3. The number of hydrogen-bond acceptors (Lipinski definition) is 5. The second kappa shape index (κ2) is 14.3. The lowest BCUT2D eigenvalue weighted by atomic mass is 10.0. The fourth-order valence-corrected chi connectivity index (χ4v) is 5.22. The van der Waals surface area contributed by atoms with Crippen LogP contribution in [0, 0.1) is 5.92 Å². The molecule has 2 amide bonds. The average molecular weight is 598 g/mol. The van der Waals surface area contributed by atoms with Crippen LogP contribution in [-0.4, -0.2) is 56.3 Å². The summed E-state index contributed by atoms with van der Waals surface area (Å²) in [6, 6.07) is 21.4. The van der Waals surface area contributed by atoms with Gasteiger partial charge in [0.2, 0.25) is 21.8 Å². The Hall–Kier alpha value is -3.69. The molecule has 0 aliphatic heterocycles. The molecule has 218 valence electrons. The van der Waals surface area contributed by atoms with E-state index in [1.54, 1.807) is 36.4 Å². The lowest BCUT2D eigenvalue weighted by Crippen LogP contribution is -2.53. The largest absolute Gasteiger partial charge is 0.354 e. The maximum absolute atomic E-state index is 14.1. The van der Waals surface area contributed by atoms with Crippen LogP contribution in [-0.2, 0) is 32.6 Å². The van der Waals surface area contributed by atoms with Crippen LogP contribution in [0.1, 0.15) is 42.3 Å². The molecule has 1 N–H and O–H groups in total. The molecule has 0 fully saturated rings. The Kier molecular flexibility index (Phi) is 11.1. The van der Waals surface area contributed by atoms with E-state index in [0.29, 0.717) is 17.1 Å². The van der Waals surface area contributed by atoms with Crippen molar-refractivity contribution in [2.75, 3.05) is 23.7 Å². The highest BCUT2D eigenvalue weighted by Crippen LogP contribution is 2.22. The summed E-state index contributed by atoms with van der Waals surface area (Å²) in [5.41, 5.74) is 2.07. The maximum Gasteiger partial charge on any atom is 0.244 e. The minimum absolute atomic E-state index is 0.0493. The molecular weight excluding hydrogens is 562 g/mol. The molecule has 0 aromatic heterocycles. The van der Waals surface area contributed by atoms with Gasteiger partial charge < -0.3 is 10.2 Å². The number of sulfonamides is 1. The lowest BCUT2D eigenvalue weighted by molar-refractivity contribution is -0.140. The first-order chi connectivity index (χ1) is 19.3. The highest BCUT2D eigenvalue weighted by molar-refractivity contribution is 7.92. The van der Waals surface area contributed by atoms with Gasteiger partial charge >= 0.3 is 0 Å². The lowest BCUT2D eigenvalue weighted by Gasteiger charge is -2.33. The summed E-state index contributed by atoms with van der Waals surface area (Å²) in [6.07, 6.45) is 1.23. The number of nitrogens with zero attached hydrogens (tertiary/aromatic N) is 2. The van der Waals surface area contributed by atoms with Crippen molar-refractivity contribution < 1.29 is 22.8 Å². The number of nitrogens with one attached hydrogen (secondary N) is 1. The molecular formula is C31H36ClN3O5S. The van der Waals surface area contributed by atoms with Crippen molar-refractivity contribution in [3.8, 4) is 0 Å². The van der Waals surface area contributed by atoms with Crippen LogP contribution in [0.25, 0.3) is 0 Å². The number of rotatable bonds is 13. The molecule has 0 spiro atoms. The van der Waals surface area contributed by atoms with Gasteiger partial charge in [-0.3, -0.25) is 18.7 Å². The summed E-state index contributed by atoms with van der Waals surface area (Å²) in [5, 5.41) is 3.47. The van der Waals surface area contributed by atoms with Crippen molar-refractivity contribution in [3.63, 3.8) is 0 Å². The standard InChI is InChI=1S/C31H36ClN3O5S/c1-22(2)19-33-31(38)29(17-24-9-6-5-7-10-24)34(20-25-13-15-27(32)16-14-25)30(37)21-35(41(4,39)40)28-12-8-11-26(18-28)23(3)36/h5-16,18,22,29H,17,19-21H2,1-4H3,(H,33,38)/t29-/m0/s1. The first kappa shape index (κ1) is 31.8. The van der Waals surface area contributed by atoms with E-state index in [1.165, 1.54) is 24.0 Å². The number of anilines is 1. The Balaban J connectivity index is 2.06. The highest BCUT2D eigenvalue weighted by Gasteiger charge is 2.33. The van der Waals surface area contributed by atoms with Gasteiger partial charge in [-0.05, 0) is 48.2 Å². The van der Waals surface area contributed by atoms with Crippen molar-refractivity contribution in [1.29, 1.82) is 0 Å². The van der Waals surface area contributed by atoms with E-state index in [-0.39, 0.29) is 36.3 Å². The van der Waals surface area contributed by atoms with Gasteiger partial charge in [0.1, 0.15) is 12.6 Å². The third-order valence-electron chi connectivity index (χ3n) is 6.44. The first-order valence-electron chi connectivity index (χ1n) is 13.3. The van der Waals surface area contributed by atoms with Gasteiger partial charge in [-0.1, -0.05) is 80.0 Å². The first-order valence-corrected chi connectivity index (χ1v) is 15.5. The molecule has 0 aliphatic rings. The molecule has 3 aromatic rings. The topological polar surface area (TPSA) is 104 Å². The highest BCUT2D eigenvalue weighted by atomic mass is 35.5. The van der Waals surface area contributed by atoms with Crippen LogP contribution in [0.5, 0.6) is 0 Å². The van der Waals surface area contributed by atoms with E-state index in [4.69, 9.17) is 11.6 Å². The zero-order chi connectivity index (χ0) is 30.2. The van der Waals surface area contributed by atoms with E-state index in [2.05, 4.69) is 5.32 Å². The Morgan fingerprint density at radius 3 is 2.15 bits per heavy atom. The molecule has 0 unspecified atom stereocenters. The summed E-state index contributed by atoms with van der Waals surface area (Å²) in [7, 11) is -3.94. The molecule has 3 rings (SSSR count). The Bertz CT molecular complexity index is 1460. The second-order valence-electron chi connectivity index (χ2n) is 10.4. The van der Waals surface area contributed by atoms with Gasteiger partial charge in [0.15, 0.2) is 5.78 Å². The fourth-order valence-electron chi connectivity index (χ4n) is 4.26. The fraction of sp³-hybridized carbons (Fsp3) is 0.323. The van der Waals surface area contributed by atoms with Crippen molar-refractivity contribution >= 4 is 44.9 Å². The number of carbonyl (C=O) groups is 3. The zero-order valence-corrected chi connectivity index (χ0v) is 25.3. The molecule has 10 heteroatoms. The van der Waals surface area contributed by atoms with Gasteiger partial charge in [0, 0.05) is 30.1 Å². The number of Topliss-reactive ketones (excluding diaryl/α,β-unsaturated/α-hetero) is 1. The van der Waals surface area contributed by atoms with Gasteiger partial charge in [0.05, 0.1) is 11.9 Å². The molecule has 0 heterocycles. The zero-order valence-electron chi connectivity index (χ0n) is 23.7. The molecule has 41 heavy (non-hydrogen) atoms. The van der Waals surface area contributed by atoms with E-state index in [1.807, 2.05) is 44.2 Å². The van der Waals surface area contributed by atoms with Crippen LogP contribution in [0.4, 0.5) is 5.69 Å². The summed E-state index contributed by atoms with van der Waals surface area (Å²) >= 11 is 6.08. The smallest absolute Gasteiger partial charge is 0.244 e. The molecule has 0 saturated carbocycles. The van der Waals surface area contributed by atoms with Crippen molar-refractivity contribution in [2.24, 2.45) is 5.92 Å². The normalized spacial score (nSPS) is 12.0. The Morgan fingerprint density at radius 1 is 0.902 bits per heavy atom. The second-order valence-corrected chi connectivity index (χ2v) is 12.7. The predicted molar refractivity (Wildman–Crippen MR) is 162 cm³/mol. The predicted octanol–water partition coefficient (Wildman–Crippen LogP) is 4.72. The van der Waals surface area contributed by atoms with Crippen molar-refractivity contribution in [3.05, 3.63) is 101 Å². The molecule has 0 radical (unpaired) electrons. The number of ketones is 1. The van der Waals surface area contributed by atoms with E-state index < -0.39 is 28.5 Å². The van der Waals surface area contributed by atoms with Gasteiger partial charge in [-0.25, -0.2) is 8.42 Å². The van der Waals surface area contributed by atoms with Crippen LogP contribution in [0.3, 0.4) is 0 Å². The van der Waals surface area contributed by atoms with Crippen LogP contribution in [0.15, 0.2) is 78.9 Å². The molecule has 0 saturated heterocycles. The van der Waals surface area contributed by atoms with Crippen molar-refractivity contribution in [2.45, 2.75) is 39.8 Å². The number of halogens is 1. The SMILES string of the molecule is CC(=O)c1cccc(N(CC(=O)N(Cc2ccc(Cl)cc2)[C@@H](Cc2ccccc2)C(=O)NCC(C)C)S(C)(=O)=O)c1. The molecule has 8 nitrogen and oxygen atoms in total. The molecule has 0 aliphatic carbocycles. The maximum atomic E-state index is 14.1. The van der Waals surface area contributed by atoms with Gasteiger partial charge in [-0.15, -0.1) is 0 Å². The Labute approximate surface area is 247 Å². The van der Waals surface area contributed by atoms with E-state index >= 15 is 0 Å². The van der Waals surface area contributed by atoms with Crippen molar-refractivity contribution in [1.82, 2.24) is 10.2 Å². The minimum Gasteiger partial charge on any atom is -0.354 e. The molecule has 0 bridgehead atoms. The van der Waals surface area contributed by atoms with Crippen LogP contribution in [0.2, 0.25) is 5.02 Å².